The van der Waals surface area contributed by atoms with E-state index in [1.807, 2.05) is 6.07 Å². The molecule has 14 rings (SSSR count). The van der Waals surface area contributed by atoms with E-state index in [4.69, 9.17) is 14.4 Å². The van der Waals surface area contributed by atoms with E-state index >= 15 is 0 Å². The van der Waals surface area contributed by atoms with Gasteiger partial charge in [0, 0.05) is 60.6 Å². The van der Waals surface area contributed by atoms with Crippen molar-refractivity contribution in [2.24, 2.45) is 15.9 Å². The number of hydrogen-bond acceptors (Lipinski definition) is 3. The van der Waals surface area contributed by atoms with Crippen molar-refractivity contribution in [1.29, 1.82) is 0 Å². The number of nitrogens with zero attached hydrogens (tertiary/aromatic N) is 4. The molecular weight excluding hydrogens is 829 g/mol. The molecule has 0 saturated carbocycles. The van der Waals surface area contributed by atoms with Crippen LogP contribution < -0.4 is 0 Å². The number of allylic oxidation sites excluding steroid dienone is 1. The summed E-state index contributed by atoms with van der Waals surface area (Å²) in [5.74, 6) is 0.689. The standard InChI is InChI=1S/C63H42N4O/c1-39-30-35-53(49-34-33-48-47-23-11-14-29-58(47)68-62(48)61(49)67-54-26-12-9-22-46(54)52-37-42-18-7-8-19-43(42)38-57(52)67)64-63(44-32-31-40-16-5-6-17-41(40)36-44)65-60(39)51-25-15-28-56-59(51)50-24-10-13-27-55(50)66(56)45-20-3-2-4-21-45/h2-29,31-39H,30H2,1H3/b53-35+,64-63-,65-60+. The first kappa shape index (κ1) is 38.5. The van der Waals surface area contributed by atoms with Gasteiger partial charge in [-0.3, -0.25) is 0 Å². The zero-order valence-corrected chi connectivity index (χ0v) is 37.3. The van der Waals surface area contributed by atoms with Crippen LogP contribution in [0.4, 0.5) is 0 Å². The lowest BCUT2D eigenvalue weighted by molar-refractivity contribution is 0.666. The number of aromatic nitrogens is 2. The molecule has 1 aliphatic rings. The van der Waals surface area contributed by atoms with Crippen molar-refractivity contribution in [3.8, 4) is 11.4 Å². The number of hydrogen-bond donors (Lipinski definition) is 0. The van der Waals surface area contributed by atoms with Gasteiger partial charge in [0.05, 0.1) is 39.2 Å². The Kier molecular flexibility index (Phi) is 8.56. The zero-order chi connectivity index (χ0) is 44.9. The van der Waals surface area contributed by atoms with Gasteiger partial charge in [-0.25, -0.2) is 9.98 Å². The highest BCUT2D eigenvalue weighted by Crippen LogP contribution is 2.44. The summed E-state index contributed by atoms with van der Waals surface area (Å²) in [5, 5.41) is 11.6. The fourth-order valence-corrected chi connectivity index (χ4v) is 10.9. The zero-order valence-electron chi connectivity index (χ0n) is 37.3. The molecule has 3 aromatic heterocycles. The summed E-state index contributed by atoms with van der Waals surface area (Å²) in [6.07, 6.45) is 3.05. The quantitative estimate of drug-likeness (QED) is 0.170. The first-order valence-corrected chi connectivity index (χ1v) is 23.5. The van der Waals surface area contributed by atoms with Gasteiger partial charge >= 0.3 is 0 Å². The Morgan fingerprint density at radius 1 is 0.456 bits per heavy atom. The molecule has 1 unspecified atom stereocenters. The molecule has 320 valence electrons. The number of benzene rings is 10. The fraction of sp³-hybridized carbons (Fsp3) is 0.0476. The van der Waals surface area contributed by atoms with Gasteiger partial charge in [-0.05, 0) is 94.7 Å². The van der Waals surface area contributed by atoms with Crippen molar-refractivity contribution >= 4 is 104 Å². The molecule has 0 amide bonds. The molecular formula is C63H42N4O. The molecule has 0 radical (unpaired) electrons. The predicted octanol–water partition coefficient (Wildman–Crippen LogP) is 16.4. The second-order valence-corrected chi connectivity index (χ2v) is 18.1. The minimum atomic E-state index is 0.0263. The van der Waals surface area contributed by atoms with E-state index in [1.165, 1.54) is 37.7 Å². The van der Waals surface area contributed by atoms with Gasteiger partial charge in [0.15, 0.2) is 11.4 Å². The molecule has 13 aromatic rings. The van der Waals surface area contributed by atoms with Gasteiger partial charge in [-0.2, -0.15) is 0 Å². The SMILES string of the molecule is CC1C/C=C(c2ccc3c(oc4ccccc43)c2-n2c3ccccc3c3cc4ccccc4cc32)/N=C(c2ccc3ccccc3c2)\N=C/1c1cccc2c1c1ccccc1n2-c1ccccc1. The van der Waals surface area contributed by atoms with Crippen LogP contribution in [-0.2, 0) is 0 Å². The van der Waals surface area contributed by atoms with Crippen LogP contribution in [0.15, 0.2) is 233 Å². The third-order valence-electron chi connectivity index (χ3n) is 14.1. The van der Waals surface area contributed by atoms with Crippen LogP contribution >= 0.6 is 0 Å². The summed E-state index contributed by atoms with van der Waals surface area (Å²) in [5.41, 5.74) is 13.2. The smallest absolute Gasteiger partial charge is 0.160 e. The lowest BCUT2D eigenvalue weighted by atomic mass is 9.90. The van der Waals surface area contributed by atoms with Crippen molar-refractivity contribution in [3.63, 3.8) is 0 Å². The number of furan rings is 1. The summed E-state index contributed by atoms with van der Waals surface area (Å²) in [7, 11) is 0. The number of para-hydroxylation sites is 4. The number of fused-ring (bicyclic) bond motifs is 11. The van der Waals surface area contributed by atoms with Crippen LogP contribution in [0.1, 0.15) is 30.0 Å². The van der Waals surface area contributed by atoms with Gasteiger partial charge in [0.25, 0.3) is 0 Å². The second-order valence-electron chi connectivity index (χ2n) is 18.1. The van der Waals surface area contributed by atoms with Crippen molar-refractivity contribution in [1.82, 2.24) is 9.13 Å². The largest absolute Gasteiger partial charge is 0.454 e. The molecule has 0 spiro atoms. The molecule has 68 heavy (non-hydrogen) atoms. The molecule has 4 heterocycles. The Labute approximate surface area is 391 Å². The summed E-state index contributed by atoms with van der Waals surface area (Å²) in [6, 6.07) is 76.1. The van der Waals surface area contributed by atoms with Crippen LogP contribution in [0.2, 0.25) is 0 Å². The van der Waals surface area contributed by atoms with Crippen molar-refractivity contribution in [2.45, 2.75) is 13.3 Å². The summed E-state index contributed by atoms with van der Waals surface area (Å²) < 4.78 is 11.8. The summed E-state index contributed by atoms with van der Waals surface area (Å²) in [6.45, 7) is 2.31. The first-order chi connectivity index (χ1) is 33.6. The number of aliphatic imine (C=N–C) groups is 2. The molecule has 0 saturated heterocycles. The maximum absolute atomic E-state index is 7.02. The lowest BCUT2D eigenvalue weighted by Gasteiger charge is -2.21. The number of amidine groups is 1. The van der Waals surface area contributed by atoms with E-state index in [0.29, 0.717) is 12.3 Å². The average molecular weight is 871 g/mol. The van der Waals surface area contributed by atoms with Gasteiger partial charge in [0.2, 0.25) is 0 Å². The molecule has 0 bridgehead atoms. The maximum atomic E-state index is 7.02. The second kappa shape index (κ2) is 15.1. The van der Waals surface area contributed by atoms with E-state index in [9.17, 15) is 0 Å². The Balaban J connectivity index is 1.06. The van der Waals surface area contributed by atoms with Crippen LogP contribution in [0, 0.1) is 5.92 Å². The Hall–Kier alpha value is -8.80. The topological polar surface area (TPSA) is 47.7 Å². The Morgan fingerprint density at radius 3 is 1.94 bits per heavy atom. The van der Waals surface area contributed by atoms with Crippen LogP contribution in [0.5, 0.6) is 0 Å². The molecule has 10 aromatic carbocycles. The highest BCUT2D eigenvalue weighted by atomic mass is 16.3. The molecule has 0 aliphatic carbocycles. The van der Waals surface area contributed by atoms with Gasteiger partial charge in [-0.15, -0.1) is 0 Å². The van der Waals surface area contributed by atoms with Crippen LogP contribution in [0.3, 0.4) is 0 Å². The van der Waals surface area contributed by atoms with Crippen molar-refractivity contribution < 1.29 is 4.42 Å². The van der Waals surface area contributed by atoms with Gasteiger partial charge < -0.3 is 13.6 Å². The minimum Gasteiger partial charge on any atom is -0.454 e. The molecule has 0 fully saturated rings. The molecule has 5 heteroatoms. The van der Waals surface area contributed by atoms with E-state index < -0.39 is 0 Å². The fourth-order valence-electron chi connectivity index (χ4n) is 10.9. The van der Waals surface area contributed by atoms with E-state index in [0.717, 1.165) is 88.9 Å². The predicted molar refractivity (Wildman–Crippen MR) is 285 cm³/mol. The third-order valence-corrected chi connectivity index (χ3v) is 14.1. The normalized spacial score (nSPS) is 16.9. The van der Waals surface area contributed by atoms with E-state index in [-0.39, 0.29) is 5.92 Å². The highest BCUT2D eigenvalue weighted by Gasteiger charge is 2.27. The highest BCUT2D eigenvalue weighted by molar-refractivity contribution is 6.25. The lowest BCUT2D eigenvalue weighted by Crippen LogP contribution is -2.17. The molecule has 5 nitrogen and oxygen atoms in total. The monoisotopic (exact) mass is 870 g/mol. The average Bonchev–Trinajstić information content (AvgIpc) is 4.05. The summed E-state index contributed by atoms with van der Waals surface area (Å²) >= 11 is 0. The first-order valence-electron chi connectivity index (χ1n) is 23.5. The summed E-state index contributed by atoms with van der Waals surface area (Å²) in [4.78, 5) is 11.5. The Bertz CT molecular complexity index is 4310. The minimum absolute atomic E-state index is 0.0263. The van der Waals surface area contributed by atoms with Crippen LogP contribution in [-0.4, -0.2) is 20.7 Å². The molecule has 0 N–H and O–H groups in total. The van der Waals surface area contributed by atoms with Crippen molar-refractivity contribution in [3.05, 3.63) is 235 Å². The molecule has 1 aliphatic heterocycles. The number of rotatable bonds is 5. The molecule has 1 atom stereocenters. The van der Waals surface area contributed by atoms with Gasteiger partial charge in [0.1, 0.15) is 5.58 Å². The van der Waals surface area contributed by atoms with Gasteiger partial charge in [-0.1, -0.05) is 159 Å². The van der Waals surface area contributed by atoms with E-state index in [2.05, 4.69) is 228 Å². The van der Waals surface area contributed by atoms with Crippen LogP contribution in [0.25, 0.3) is 104 Å². The van der Waals surface area contributed by atoms with E-state index in [1.54, 1.807) is 0 Å². The maximum Gasteiger partial charge on any atom is 0.160 e. The van der Waals surface area contributed by atoms with Crippen molar-refractivity contribution in [2.75, 3.05) is 0 Å². The Morgan fingerprint density at radius 2 is 1.12 bits per heavy atom. The third kappa shape index (κ3) is 5.89.